The summed E-state index contributed by atoms with van der Waals surface area (Å²) < 4.78 is 4.64. The number of benzene rings is 8. The zero-order valence-electron chi connectivity index (χ0n) is 38.9. The summed E-state index contributed by atoms with van der Waals surface area (Å²) in [5.74, 6) is 0.142. The van der Waals surface area contributed by atoms with E-state index in [1.54, 1.807) is 6.20 Å². The van der Waals surface area contributed by atoms with Crippen molar-refractivity contribution in [1.82, 2.24) is 9.13 Å². The molecular weight excluding hydrogens is 855 g/mol. The Morgan fingerprint density at radius 3 is 1.71 bits per heavy atom. The normalized spacial score (nSPS) is 14.4. The second kappa shape index (κ2) is 18.3. The number of para-hydroxylation sites is 3. The average molecular weight is 902 g/mol. The van der Waals surface area contributed by atoms with Crippen molar-refractivity contribution in [2.45, 2.75) is 19.9 Å². The molecule has 0 saturated heterocycles. The Morgan fingerprint density at radius 1 is 0.571 bits per heavy atom. The van der Waals surface area contributed by atoms with Crippen LogP contribution in [0.25, 0.3) is 67.4 Å². The smallest absolute Gasteiger partial charge is 0.0991 e. The summed E-state index contributed by atoms with van der Waals surface area (Å²) in [7, 11) is 0. The van der Waals surface area contributed by atoms with E-state index in [1.807, 2.05) is 49.4 Å². The molecule has 334 valence electrons. The van der Waals surface area contributed by atoms with Gasteiger partial charge in [-0.3, -0.25) is 4.99 Å². The summed E-state index contributed by atoms with van der Waals surface area (Å²) in [6, 6.07) is 72.1. The highest BCUT2D eigenvalue weighted by atomic mass is 15.2. The number of nitriles is 2. The third-order valence-corrected chi connectivity index (χ3v) is 13.5. The van der Waals surface area contributed by atoms with Crippen molar-refractivity contribution in [3.8, 4) is 29.0 Å². The Morgan fingerprint density at radius 2 is 1.10 bits per heavy atom. The quantitative estimate of drug-likeness (QED) is 0.0957. The molecular formula is C63H47N7. The molecule has 8 aromatic carbocycles. The number of allylic oxidation sites excluding steroid dienone is 3. The van der Waals surface area contributed by atoms with Crippen molar-refractivity contribution in [2.75, 3.05) is 9.80 Å². The van der Waals surface area contributed by atoms with Gasteiger partial charge in [-0.15, -0.1) is 0 Å². The number of hydrogen-bond donors (Lipinski definition) is 0. The highest BCUT2D eigenvalue weighted by Gasteiger charge is 2.28. The molecule has 2 atom stereocenters. The molecule has 0 bridgehead atoms. The van der Waals surface area contributed by atoms with Crippen LogP contribution in [0.3, 0.4) is 0 Å². The first-order chi connectivity index (χ1) is 34.5. The van der Waals surface area contributed by atoms with Crippen LogP contribution in [0, 0.1) is 28.6 Å². The predicted molar refractivity (Wildman–Crippen MR) is 291 cm³/mol. The van der Waals surface area contributed by atoms with Gasteiger partial charge in [0.15, 0.2) is 0 Å². The topological polar surface area (TPSA) is 76.3 Å². The van der Waals surface area contributed by atoms with Gasteiger partial charge in [0.1, 0.15) is 0 Å². The first-order valence-corrected chi connectivity index (χ1v) is 23.5. The van der Waals surface area contributed by atoms with Crippen LogP contribution < -0.4 is 20.4 Å². The second-order valence-electron chi connectivity index (χ2n) is 17.6. The standard InChI is InChI=1S/C63H47N7/c1-4-48(36-37-66-3)69-59-16-10-8-14-55(59)57-39-54(34-35-61(57)69)67(50-26-18-44(41-64)19-27-50)51-30-22-46(23-31-51)47-24-32-53(33-25-47)68(52-28-20-45(42-65)21-29-52)62-40-58-56-15-9-11-17-60(56)70(63(58)38-43(62)2)49-12-6-5-7-13-49/h4-40,43,62H,3H2,1-2H3/b37-36-,48-4+. The molecule has 0 radical (unpaired) electrons. The minimum Gasteiger partial charge on any atom is -0.334 e. The summed E-state index contributed by atoms with van der Waals surface area (Å²) in [5.41, 5.74) is 13.9. The molecule has 0 spiro atoms. The van der Waals surface area contributed by atoms with E-state index in [0.717, 1.165) is 72.8 Å². The molecule has 0 aliphatic heterocycles. The van der Waals surface area contributed by atoms with Gasteiger partial charge in [-0.25, -0.2) is 0 Å². The molecule has 0 N–H and O–H groups in total. The molecule has 2 heterocycles. The number of anilines is 5. The van der Waals surface area contributed by atoms with E-state index in [1.165, 1.54) is 21.5 Å². The zero-order valence-corrected chi connectivity index (χ0v) is 38.9. The van der Waals surface area contributed by atoms with Gasteiger partial charge in [0, 0.05) is 73.3 Å². The Kier molecular flexibility index (Phi) is 11.3. The van der Waals surface area contributed by atoms with Gasteiger partial charge in [0.05, 0.1) is 51.2 Å². The van der Waals surface area contributed by atoms with Gasteiger partial charge in [-0.1, -0.05) is 104 Å². The number of fused-ring (bicyclic) bond motifs is 6. The van der Waals surface area contributed by atoms with E-state index in [0.29, 0.717) is 11.1 Å². The predicted octanol–water partition coefficient (Wildman–Crippen LogP) is 14.1. The fourth-order valence-electron chi connectivity index (χ4n) is 10.2. The van der Waals surface area contributed by atoms with Gasteiger partial charge in [-0.05, 0) is 146 Å². The third-order valence-electron chi connectivity index (χ3n) is 13.5. The van der Waals surface area contributed by atoms with E-state index in [9.17, 15) is 10.5 Å². The van der Waals surface area contributed by atoms with Crippen molar-refractivity contribution < 1.29 is 0 Å². The third kappa shape index (κ3) is 7.62. The molecule has 0 saturated carbocycles. The monoisotopic (exact) mass is 901 g/mol. The van der Waals surface area contributed by atoms with Gasteiger partial charge in [-0.2, -0.15) is 10.5 Å². The minimum atomic E-state index is -0.0128. The lowest BCUT2D eigenvalue weighted by Crippen LogP contribution is -2.43. The van der Waals surface area contributed by atoms with Crippen molar-refractivity contribution in [2.24, 2.45) is 10.9 Å². The van der Waals surface area contributed by atoms with Crippen LogP contribution in [0.2, 0.25) is 0 Å². The summed E-state index contributed by atoms with van der Waals surface area (Å²) in [5, 5.41) is 25.3. The fourth-order valence-corrected chi connectivity index (χ4v) is 10.2. The highest BCUT2D eigenvalue weighted by molar-refractivity contribution is 6.11. The van der Waals surface area contributed by atoms with E-state index in [-0.39, 0.29) is 12.0 Å². The van der Waals surface area contributed by atoms with Crippen molar-refractivity contribution >= 4 is 85.7 Å². The van der Waals surface area contributed by atoms with Crippen LogP contribution in [-0.2, 0) is 0 Å². The van der Waals surface area contributed by atoms with Gasteiger partial charge in [0.2, 0.25) is 0 Å². The summed E-state index contributed by atoms with van der Waals surface area (Å²) in [4.78, 5) is 8.63. The van der Waals surface area contributed by atoms with E-state index < -0.39 is 0 Å². The highest BCUT2D eigenvalue weighted by Crippen LogP contribution is 2.41. The summed E-state index contributed by atoms with van der Waals surface area (Å²) in [6.07, 6.45) is 10.6. The number of aliphatic imine (C=N–C) groups is 1. The number of nitrogens with zero attached hydrogens (tertiary/aromatic N) is 7. The zero-order chi connectivity index (χ0) is 47.7. The molecule has 10 aromatic rings. The van der Waals surface area contributed by atoms with Gasteiger partial charge < -0.3 is 18.9 Å². The van der Waals surface area contributed by atoms with Crippen LogP contribution in [0.15, 0.2) is 217 Å². The molecule has 0 fully saturated rings. The first kappa shape index (κ1) is 43.2. The molecule has 7 heteroatoms. The van der Waals surface area contributed by atoms with Crippen LogP contribution in [0.4, 0.5) is 28.4 Å². The van der Waals surface area contributed by atoms with E-state index >= 15 is 0 Å². The lowest BCUT2D eigenvalue weighted by atomic mass is 9.92. The van der Waals surface area contributed by atoms with E-state index in [2.05, 4.69) is 226 Å². The SMILES string of the molecule is C=N/C=C\C(=C/C)n1c2ccccc2c2cc(N(c3ccc(C#N)cc3)c3ccc(-c4ccc(N(c5ccc(C#N)cc5)C5C=c6c(n(-c7ccccc7)c7ccccc67)=CC5C)cc4)cc3)ccc21. The number of hydrogen-bond acceptors (Lipinski definition) is 5. The Hall–Kier alpha value is -9.43. The van der Waals surface area contributed by atoms with Gasteiger partial charge >= 0.3 is 0 Å². The van der Waals surface area contributed by atoms with Crippen LogP contribution >= 0.6 is 0 Å². The molecule has 11 rings (SSSR count). The Balaban J connectivity index is 0.968. The lowest BCUT2D eigenvalue weighted by Gasteiger charge is -2.36. The molecule has 7 nitrogen and oxygen atoms in total. The van der Waals surface area contributed by atoms with Crippen molar-refractivity contribution in [3.63, 3.8) is 0 Å². The summed E-state index contributed by atoms with van der Waals surface area (Å²) in [6.45, 7) is 7.98. The van der Waals surface area contributed by atoms with Gasteiger partial charge in [0.25, 0.3) is 0 Å². The molecule has 2 aromatic heterocycles. The van der Waals surface area contributed by atoms with Crippen LogP contribution in [0.5, 0.6) is 0 Å². The minimum absolute atomic E-state index is 0.0128. The molecule has 0 amide bonds. The Bertz CT molecular complexity index is 3880. The van der Waals surface area contributed by atoms with Crippen molar-refractivity contribution in [3.05, 3.63) is 234 Å². The van der Waals surface area contributed by atoms with Crippen LogP contribution in [0.1, 0.15) is 25.0 Å². The van der Waals surface area contributed by atoms with E-state index in [4.69, 9.17) is 0 Å². The maximum Gasteiger partial charge on any atom is 0.0991 e. The van der Waals surface area contributed by atoms with Crippen LogP contribution in [-0.4, -0.2) is 21.9 Å². The summed E-state index contributed by atoms with van der Waals surface area (Å²) >= 11 is 0. The fraction of sp³-hybridized carbons (Fsp3) is 0.0635. The second-order valence-corrected chi connectivity index (χ2v) is 17.6. The molecule has 70 heavy (non-hydrogen) atoms. The first-order valence-electron chi connectivity index (χ1n) is 23.5. The number of rotatable bonds is 11. The Labute approximate surface area is 407 Å². The maximum absolute atomic E-state index is 9.72. The number of aromatic nitrogens is 2. The maximum atomic E-state index is 9.72. The molecule has 2 unspecified atom stereocenters. The van der Waals surface area contributed by atoms with Crippen molar-refractivity contribution in [1.29, 1.82) is 10.5 Å². The lowest BCUT2D eigenvalue weighted by molar-refractivity contribution is 0.658. The average Bonchev–Trinajstić information content (AvgIpc) is 3.92. The molecule has 1 aliphatic rings. The largest absolute Gasteiger partial charge is 0.334 e. The molecule has 1 aliphatic carbocycles.